The molecule has 86 valence electrons. The van der Waals surface area contributed by atoms with Crippen LogP contribution in [0.4, 0.5) is 0 Å². The smallest absolute Gasteiger partial charge is 0.153 e. The van der Waals surface area contributed by atoms with Crippen molar-refractivity contribution < 1.29 is 9.53 Å². The number of carbonyl (C=O) groups is 1. The standard InChI is InChI=1S/C13H10ClNO2/c1-17-11-4-2-9(3-5-11)12-7-15-6-10(8-16)13(12)14/h2-8H,1H3. The molecule has 0 aliphatic carbocycles. The molecule has 1 heterocycles. The largest absolute Gasteiger partial charge is 0.497 e. The van der Waals surface area contributed by atoms with Crippen LogP contribution in [0.1, 0.15) is 10.4 Å². The van der Waals surface area contributed by atoms with Crippen LogP contribution < -0.4 is 4.74 Å². The molecular formula is C13H10ClNO2. The van der Waals surface area contributed by atoms with Gasteiger partial charge in [-0.2, -0.15) is 0 Å². The molecule has 0 radical (unpaired) electrons. The molecule has 0 aliphatic rings. The summed E-state index contributed by atoms with van der Waals surface area (Å²) >= 11 is 6.11. The van der Waals surface area contributed by atoms with Gasteiger partial charge >= 0.3 is 0 Å². The Balaban J connectivity index is 2.48. The zero-order valence-electron chi connectivity index (χ0n) is 9.18. The number of aldehydes is 1. The maximum absolute atomic E-state index is 10.8. The van der Waals surface area contributed by atoms with E-state index in [9.17, 15) is 4.79 Å². The van der Waals surface area contributed by atoms with Gasteiger partial charge in [-0.1, -0.05) is 23.7 Å². The summed E-state index contributed by atoms with van der Waals surface area (Å²) in [4.78, 5) is 14.8. The Morgan fingerprint density at radius 2 is 1.94 bits per heavy atom. The van der Waals surface area contributed by atoms with Crippen LogP contribution in [-0.4, -0.2) is 18.4 Å². The number of benzene rings is 1. The summed E-state index contributed by atoms with van der Waals surface area (Å²) in [6.07, 6.45) is 3.78. The molecule has 0 saturated carbocycles. The number of rotatable bonds is 3. The number of methoxy groups -OCH3 is 1. The Labute approximate surface area is 104 Å². The van der Waals surface area contributed by atoms with Gasteiger partial charge in [0.1, 0.15) is 5.75 Å². The second-order valence-corrected chi connectivity index (χ2v) is 3.81. The van der Waals surface area contributed by atoms with Gasteiger partial charge in [-0.25, -0.2) is 0 Å². The molecule has 0 fully saturated rings. The molecule has 0 bridgehead atoms. The fourth-order valence-electron chi connectivity index (χ4n) is 1.51. The van der Waals surface area contributed by atoms with Gasteiger partial charge in [-0.05, 0) is 17.7 Å². The summed E-state index contributed by atoms with van der Waals surface area (Å²) < 4.78 is 5.08. The van der Waals surface area contributed by atoms with Crippen LogP contribution in [0.15, 0.2) is 36.7 Å². The lowest BCUT2D eigenvalue weighted by molar-refractivity contribution is 0.112. The number of halogens is 1. The lowest BCUT2D eigenvalue weighted by atomic mass is 10.1. The van der Waals surface area contributed by atoms with Gasteiger partial charge in [-0.3, -0.25) is 9.78 Å². The normalized spacial score (nSPS) is 10.0. The molecule has 2 rings (SSSR count). The first-order valence-electron chi connectivity index (χ1n) is 4.99. The van der Waals surface area contributed by atoms with E-state index in [2.05, 4.69) is 4.98 Å². The molecular weight excluding hydrogens is 238 g/mol. The van der Waals surface area contributed by atoms with Gasteiger partial charge in [-0.15, -0.1) is 0 Å². The van der Waals surface area contributed by atoms with Crippen LogP contribution >= 0.6 is 11.6 Å². The third kappa shape index (κ3) is 2.29. The van der Waals surface area contributed by atoms with Crippen molar-refractivity contribution in [3.05, 3.63) is 47.2 Å². The Hall–Kier alpha value is -1.87. The molecule has 3 nitrogen and oxygen atoms in total. The molecule has 0 spiro atoms. The van der Waals surface area contributed by atoms with E-state index in [1.54, 1.807) is 13.3 Å². The van der Waals surface area contributed by atoms with E-state index >= 15 is 0 Å². The van der Waals surface area contributed by atoms with E-state index in [0.29, 0.717) is 16.9 Å². The van der Waals surface area contributed by atoms with Crippen molar-refractivity contribution in [2.45, 2.75) is 0 Å². The highest BCUT2D eigenvalue weighted by Crippen LogP contribution is 2.30. The van der Waals surface area contributed by atoms with E-state index in [4.69, 9.17) is 16.3 Å². The zero-order valence-corrected chi connectivity index (χ0v) is 9.94. The van der Waals surface area contributed by atoms with Crippen LogP contribution in [0, 0.1) is 0 Å². The minimum atomic E-state index is 0.389. The first-order chi connectivity index (χ1) is 8.26. The average Bonchev–Trinajstić information content (AvgIpc) is 2.39. The summed E-state index contributed by atoms with van der Waals surface area (Å²) in [6, 6.07) is 7.41. The van der Waals surface area contributed by atoms with E-state index in [1.165, 1.54) is 6.20 Å². The lowest BCUT2D eigenvalue weighted by Gasteiger charge is -2.06. The number of carbonyl (C=O) groups excluding carboxylic acids is 1. The first kappa shape index (κ1) is 11.6. The summed E-state index contributed by atoms with van der Waals surface area (Å²) in [7, 11) is 1.61. The molecule has 17 heavy (non-hydrogen) atoms. The molecule has 1 aromatic carbocycles. The highest BCUT2D eigenvalue weighted by molar-refractivity contribution is 6.35. The number of aromatic nitrogens is 1. The molecule has 0 atom stereocenters. The molecule has 2 aromatic rings. The van der Waals surface area contributed by atoms with Crippen LogP contribution in [0.5, 0.6) is 5.75 Å². The minimum Gasteiger partial charge on any atom is -0.497 e. The molecule has 1 aromatic heterocycles. The topological polar surface area (TPSA) is 39.2 Å². The molecule has 0 amide bonds. The third-order valence-electron chi connectivity index (χ3n) is 2.44. The van der Waals surface area contributed by atoms with Crippen LogP contribution in [0.3, 0.4) is 0 Å². The summed E-state index contributed by atoms with van der Waals surface area (Å²) in [5.74, 6) is 0.768. The third-order valence-corrected chi connectivity index (χ3v) is 2.86. The van der Waals surface area contributed by atoms with Crippen molar-refractivity contribution in [1.29, 1.82) is 0 Å². The predicted octanol–water partition coefficient (Wildman–Crippen LogP) is 3.22. The van der Waals surface area contributed by atoms with Crippen molar-refractivity contribution in [2.24, 2.45) is 0 Å². The Morgan fingerprint density at radius 3 is 2.53 bits per heavy atom. The molecule has 4 heteroatoms. The van der Waals surface area contributed by atoms with Gasteiger partial charge in [0.05, 0.1) is 17.7 Å². The van der Waals surface area contributed by atoms with Crippen LogP contribution in [0.2, 0.25) is 5.02 Å². The van der Waals surface area contributed by atoms with Gasteiger partial charge in [0.2, 0.25) is 0 Å². The lowest BCUT2D eigenvalue weighted by Crippen LogP contribution is -1.89. The van der Waals surface area contributed by atoms with Gasteiger partial charge in [0.25, 0.3) is 0 Å². The number of pyridine rings is 1. The average molecular weight is 248 g/mol. The number of hydrogen-bond donors (Lipinski definition) is 0. The maximum Gasteiger partial charge on any atom is 0.153 e. The molecule has 0 N–H and O–H groups in total. The van der Waals surface area contributed by atoms with Crippen molar-refractivity contribution in [2.75, 3.05) is 7.11 Å². The Bertz CT molecular complexity index is 538. The quantitative estimate of drug-likeness (QED) is 0.782. The monoisotopic (exact) mass is 247 g/mol. The number of ether oxygens (including phenoxy) is 1. The van der Waals surface area contributed by atoms with Crippen molar-refractivity contribution in [3.63, 3.8) is 0 Å². The maximum atomic E-state index is 10.8. The van der Waals surface area contributed by atoms with Crippen molar-refractivity contribution in [1.82, 2.24) is 4.98 Å². The van der Waals surface area contributed by atoms with E-state index < -0.39 is 0 Å². The van der Waals surface area contributed by atoms with Gasteiger partial charge in [0.15, 0.2) is 6.29 Å². The van der Waals surface area contributed by atoms with Crippen molar-refractivity contribution >= 4 is 17.9 Å². The highest BCUT2D eigenvalue weighted by atomic mass is 35.5. The van der Waals surface area contributed by atoms with Gasteiger partial charge < -0.3 is 4.74 Å². The van der Waals surface area contributed by atoms with E-state index in [-0.39, 0.29) is 0 Å². The fraction of sp³-hybridized carbons (Fsp3) is 0.0769. The van der Waals surface area contributed by atoms with Crippen LogP contribution in [-0.2, 0) is 0 Å². The minimum absolute atomic E-state index is 0.389. The van der Waals surface area contributed by atoms with Crippen LogP contribution in [0.25, 0.3) is 11.1 Å². The van der Waals surface area contributed by atoms with E-state index in [1.807, 2.05) is 24.3 Å². The highest BCUT2D eigenvalue weighted by Gasteiger charge is 2.08. The first-order valence-corrected chi connectivity index (χ1v) is 5.37. The van der Waals surface area contributed by atoms with Gasteiger partial charge in [0, 0.05) is 18.0 Å². The number of nitrogens with zero attached hydrogens (tertiary/aromatic N) is 1. The Morgan fingerprint density at radius 1 is 1.24 bits per heavy atom. The van der Waals surface area contributed by atoms with Crippen molar-refractivity contribution in [3.8, 4) is 16.9 Å². The second kappa shape index (κ2) is 4.97. The van der Waals surface area contributed by atoms with E-state index in [0.717, 1.165) is 16.9 Å². The molecule has 0 saturated heterocycles. The molecule has 0 aliphatic heterocycles. The SMILES string of the molecule is COc1ccc(-c2cncc(C=O)c2Cl)cc1. The summed E-state index contributed by atoms with van der Waals surface area (Å²) in [5, 5.41) is 0.417. The zero-order chi connectivity index (χ0) is 12.3. The Kier molecular flexibility index (Phi) is 3.40. The summed E-state index contributed by atoms with van der Waals surface area (Å²) in [5.41, 5.74) is 2.02. The molecule has 0 unspecified atom stereocenters. The fourth-order valence-corrected chi connectivity index (χ4v) is 1.77. The second-order valence-electron chi connectivity index (χ2n) is 3.44. The summed E-state index contributed by atoms with van der Waals surface area (Å²) in [6.45, 7) is 0. The number of hydrogen-bond acceptors (Lipinski definition) is 3. The predicted molar refractivity (Wildman–Crippen MR) is 66.6 cm³/mol.